The Hall–Kier alpha value is -0.240. The van der Waals surface area contributed by atoms with Gasteiger partial charge in [0.05, 0.1) is 4.60 Å². The van der Waals surface area contributed by atoms with Gasteiger partial charge in [-0.2, -0.15) is 0 Å². The van der Waals surface area contributed by atoms with Crippen LogP contribution < -0.4 is 0 Å². The monoisotopic (exact) mass is 227 g/mol. The molecule has 2 heteroatoms. The molecule has 1 nitrogen and oxygen atoms in total. The van der Waals surface area contributed by atoms with E-state index < -0.39 is 0 Å². The summed E-state index contributed by atoms with van der Waals surface area (Å²) in [6.45, 7) is 0. The number of aromatic amines is 1. The van der Waals surface area contributed by atoms with Crippen molar-refractivity contribution in [3.8, 4) is 0 Å². The zero-order chi connectivity index (χ0) is 8.39. The Labute approximate surface area is 81.7 Å². The van der Waals surface area contributed by atoms with Gasteiger partial charge in [0.1, 0.15) is 0 Å². The van der Waals surface area contributed by atoms with Crippen LogP contribution in [0.25, 0.3) is 0 Å². The van der Waals surface area contributed by atoms with E-state index >= 15 is 0 Å². The summed E-state index contributed by atoms with van der Waals surface area (Å²) < 4.78 is 1.11. The molecule has 1 fully saturated rings. The van der Waals surface area contributed by atoms with E-state index in [4.69, 9.17) is 0 Å². The van der Waals surface area contributed by atoms with E-state index in [9.17, 15) is 0 Å². The molecule has 1 saturated carbocycles. The van der Waals surface area contributed by atoms with Crippen molar-refractivity contribution in [1.82, 2.24) is 4.98 Å². The van der Waals surface area contributed by atoms with Crippen molar-refractivity contribution in [2.24, 2.45) is 0 Å². The van der Waals surface area contributed by atoms with Gasteiger partial charge in [0.2, 0.25) is 0 Å². The minimum atomic E-state index is 0.821. The summed E-state index contributed by atoms with van der Waals surface area (Å²) in [4.78, 5) is 3.18. The molecular weight excluding hydrogens is 214 g/mol. The molecule has 1 aromatic heterocycles. The smallest absolute Gasteiger partial charge is 0.0822 e. The normalized spacial score (nSPS) is 19.8. The van der Waals surface area contributed by atoms with Crippen LogP contribution in [0, 0.1) is 0 Å². The molecule has 0 unspecified atom stereocenters. The topological polar surface area (TPSA) is 15.8 Å². The van der Waals surface area contributed by atoms with Gasteiger partial charge in [-0.3, -0.25) is 0 Å². The first-order valence-electron chi connectivity index (χ1n) is 4.70. The van der Waals surface area contributed by atoms with Gasteiger partial charge in [-0.1, -0.05) is 19.3 Å². The van der Waals surface area contributed by atoms with E-state index in [1.165, 1.54) is 37.7 Å². The summed E-state index contributed by atoms with van der Waals surface area (Å²) in [5.74, 6) is 0.821. The summed E-state index contributed by atoms with van der Waals surface area (Å²) in [6.07, 6.45) is 9.15. The highest BCUT2D eigenvalue weighted by Gasteiger charge is 2.15. The predicted molar refractivity (Wildman–Crippen MR) is 54.3 cm³/mol. The third-order valence-electron chi connectivity index (χ3n) is 2.75. The highest BCUT2D eigenvalue weighted by molar-refractivity contribution is 9.10. The number of rotatable bonds is 1. The molecule has 2 rings (SSSR count). The van der Waals surface area contributed by atoms with Crippen LogP contribution in [0.2, 0.25) is 0 Å². The third-order valence-corrected chi connectivity index (χ3v) is 3.20. The van der Waals surface area contributed by atoms with Crippen LogP contribution >= 0.6 is 15.9 Å². The average molecular weight is 228 g/mol. The Kier molecular flexibility index (Phi) is 2.54. The minimum absolute atomic E-state index is 0.821. The van der Waals surface area contributed by atoms with Crippen molar-refractivity contribution in [3.63, 3.8) is 0 Å². The summed E-state index contributed by atoms with van der Waals surface area (Å²) in [7, 11) is 0. The SMILES string of the molecule is Brc1cc(C2CCCCC2)c[nH]1. The largest absolute Gasteiger partial charge is 0.356 e. The molecule has 1 aliphatic carbocycles. The number of nitrogens with one attached hydrogen (secondary N) is 1. The second kappa shape index (κ2) is 3.65. The van der Waals surface area contributed by atoms with Gasteiger partial charge in [-0.15, -0.1) is 0 Å². The molecule has 66 valence electrons. The number of hydrogen-bond donors (Lipinski definition) is 1. The fraction of sp³-hybridized carbons (Fsp3) is 0.600. The van der Waals surface area contributed by atoms with Crippen LogP contribution in [0.1, 0.15) is 43.6 Å². The second-order valence-corrected chi connectivity index (χ2v) is 4.47. The van der Waals surface area contributed by atoms with Gasteiger partial charge in [-0.05, 0) is 46.3 Å². The van der Waals surface area contributed by atoms with Crippen molar-refractivity contribution in [2.45, 2.75) is 38.0 Å². The molecule has 0 aliphatic heterocycles. The molecule has 0 aromatic carbocycles. The summed E-state index contributed by atoms with van der Waals surface area (Å²) >= 11 is 3.44. The van der Waals surface area contributed by atoms with Crippen LogP contribution in [0.3, 0.4) is 0 Å². The maximum atomic E-state index is 3.44. The molecule has 0 radical (unpaired) electrons. The highest BCUT2D eigenvalue weighted by Crippen LogP contribution is 2.33. The van der Waals surface area contributed by atoms with E-state index in [-0.39, 0.29) is 0 Å². The van der Waals surface area contributed by atoms with Gasteiger partial charge >= 0.3 is 0 Å². The average Bonchev–Trinajstić information content (AvgIpc) is 2.54. The molecule has 1 aromatic rings. The van der Waals surface area contributed by atoms with Gasteiger partial charge in [0.15, 0.2) is 0 Å². The zero-order valence-electron chi connectivity index (χ0n) is 7.15. The number of halogens is 1. The molecule has 0 bridgehead atoms. The predicted octanol–water partition coefficient (Wildman–Crippen LogP) is 3.82. The van der Waals surface area contributed by atoms with Crippen molar-refractivity contribution < 1.29 is 0 Å². The second-order valence-electron chi connectivity index (χ2n) is 3.62. The van der Waals surface area contributed by atoms with Crippen molar-refractivity contribution in [2.75, 3.05) is 0 Å². The van der Waals surface area contributed by atoms with Crippen LogP contribution in [-0.4, -0.2) is 4.98 Å². The van der Waals surface area contributed by atoms with E-state index in [1.807, 2.05) is 0 Å². The quantitative estimate of drug-likeness (QED) is 0.751. The number of aromatic nitrogens is 1. The molecule has 1 heterocycles. The molecule has 0 amide bonds. The molecule has 0 saturated heterocycles. The molecule has 1 aliphatic rings. The van der Waals surface area contributed by atoms with Crippen LogP contribution in [0.4, 0.5) is 0 Å². The molecule has 12 heavy (non-hydrogen) atoms. The molecule has 1 N–H and O–H groups in total. The third kappa shape index (κ3) is 1.74. The molecular formula is C10H14BrN. The van der Waals surface area contributed by atoms with Crippen molar-refractivity contribution >= 4 is 15.9 Å². The Morgan fingerprint density at radius 3 is 2.58 bits per heavy atom. The first kappa shape index (κ1) is 8.36. The Morgan fingerprint density at radius 2 is 2.00 bits per heavy atom. The highest BCUT2D eigenvalue weighted by atomic mass is 79.9. The Morgan fingerprint density at radius 1 is 1.25 bits per heavy atom. The first-order chi connectivity index (χ1) is 5.86. The van der Waals surface area contributed by atoms with Crippen molar-refractivity contribution in [1.29, 1.82) is 0 Å². The summed E-state index contributed by atoms with van der Waals surface area (Å²) in [6, 6.07) is 2.22. The lowest BCUT2D eigenvalue weighted by molar-refractivity contribution is 0.444. The van der Waals surface area contributed by atoms with E-state index in [2.05, 4.69) is 33.2 Å². The van der Waals surface area contributed by atoms with Crippen molar-refractivity contribution in [3.05, 3.63) is 22.4 Å². The Balaban J connectivity index is 2.08. The van der Waals surface area contributed by atoms with Gasteiger partial charge < -0.3 is 4.98 Å². The summed E-state index contributed by atoms with van der Waals surface area (Å²) in [5.41, 5.74) is 1.49. The maximum Gasteiger partial charge on any atom is 0.0822 e. The van der Waals surface area contributed by atoms with E-state index in [0.29, 0.717) is 0 Å². The number of hydrogen-bond acceptors (Lipinski definition) is 0. The summed E-state index contributed by atoms with van der Waals surface area (Å²) in [5, 5.41) is 0. The van der Waals surface area contributed by atoms with Crippen LogP contribution in [0.5, 0.6) is 0 Å². The Bertz CT molecular complexity index is 248. The maximum absolute atomic E-state index is 3.44. The lowest BCUT2D eigenvalue weighted by Crippen LogP contribution is -2.02. The zero-order valence-corrected chi connectivity index (χ0v) is 8.73. The standard InChI is InChI=1S/C10H14BrN/c11-10-6-9(7-12-10)8-4-2-1-3-5-8/h6-8,12H,1-5H2. The van der Waals surface area contributed by atoms with E-state index in [0.717, 1.165) is 10.5 Å². The lowest BCUT2D eigenvalue weighted by Gasteiger charge is -2.20. The van der Waals surface area contributed by atoms with Gasteiger partial charge in [-0.25, -0.2) is 0 Å². The van der Waals surface area contributed by atoms with Crippen LogP contribution in [-0.2, 0) is 0 Å². The fourth-order valence-corrected chi connectivity index (χ4v) is 2.43. The molecule has 0 spiro atoms. The van der Waals surface area contributed by atoms with Crippen LogP contribution in [0.15, 0.2) is 16.9 Å². The van der Waals surface area contributed by atoms with Gasteiger partial charge in [0, 0.05) is 6.20 Å². The van der Waals surface area contributed by atoms with Gasteiger partial charge in [0.25, 0.3) is 0 Å². The fourth-order valence-electron chi connectivity index (χ4n) is 2.05. The number of H-pyrrole nitrogens is 1. The minimum Gasteiger partial charge on any atom is -0.356 e. The van der Waals surface area contributed by atoms with E-state index in [1.54, 1.807) is 0 Å². The lowest BCUT2D eigenvalue weighted by atomic mass is 9.85. The first-order valence-corrected chi connectivity index (χ1v) is 5.49. The molecule has 0 atom stereocenters.